The highest BCUT2D eigenvalue weighted by molar-refractivity contribution is 5.69. The fraction of sp³-hybridized carbons (Fsp3) is 0.192. The van der Waals surface area contributed by atoms with Gasteiger partial charge in [-0.3, -0.25) is 5.32 Å². The Kier molecular flexibility index (Phi) is 5.72. The third-order valence-electron chi connectivity index (χ3n) is 6.16. The Morgan fingerprint density at radius 3 is 2.68 bits per heavy atom. The largest absolute Gasteiger partial charge is 0.497 e. The summed E-state index contributed by atoms with van der Waals surface area (Å²) in [5.74, 6) is 1.16. The Labute approximate surface area is 196 Å². The summed E-state index contributed by atoms with van der Waals surface area (Å²) in [5, 5.41) is 37.9. The van der Waals surface area contributed by atoms with Gasteiger partial charge in [0.2, 0.25) is 5.88 Å². The monoisotopic (exact) mass is 453 g/mol. The molecule has 34 heavy (non-hydrogen) atoms. The van der Waals surface area contributed by atoms with Crippen LogP contribution in [0.5, 0.6) is 11.6 Å². The molecule has 0 saturated heterocycles. The maximum absolute atomic E-state index is 10.8. The molecule has 3 N–H and O–H groups in total. The predicted molar refractivity (Wildman–Crippen MR) is 125 cm³/mol. The Morgan fingerprint density at radius 2 is 1.97 bits per heavy atom. The van der Waals surface area contributed by atoms with Crippen molar-refractivity contribution in [2.45, 2.75) is 25.1 Å². The molecule has 8 heteroatoms. The summed E-state index contributed by atoms with van der Waals surface area (Å²) in [6.07, 6.45) is 4.06. The molecule has 0 radical (unpaired) electrons. The van der Waals surface area contributed by atoms with E-state index in [4.69, 9.17) is 10.00 Å². The predicted octanol–water partition coefficient (Wildman–Crippen LogP) is 3.79. The van der Waals surface area contributed by atoms with E-state index in [2.05, 4.69) is 27.5 Å². The van der Waals surface area contributed by atoms with Gasteiger partial charge < -0.3 is 14.9 Å². The first-order valence-electron chi connectivity index (χ1n) is 10.9. The van der Waals surface area contributed by atoms with Crippen LogP contribution in [0.1, 0.15) is 40.9 Å². The normalized spacial score (nSPS) is 15.5. The van der Waals surface area contributed by atoms with Crippen LogP contribution < -0.4 is 10.1 Å². The van der Waals surface area contributed by atoms with Crippen molar-refractivity contribution in [3.8, 4) is 34.6 Å². The lowest BCUT2D eigenvalue weighted by Gasteiger charge is -2.20. The number of nitrogens with zero attached hydrogens (tertiary/aromatic N) is 4. The van der Waals surface area contributed by atoms with Crippen molar-refractivity contribution in [1.29, 1.82) is 5.26 Å². The lowest BCUT2D eigenvalue weighted by atomic mass is 10.1. The van der Waals surface area contributed by atoms with Crippen LogP contribution in [0.2, 0.25) is 0 Å². The van der Waals surface area contributed by atoms with Crippen molar-refractivity contribution >= 4 is 0 Å². The van der Waals surface area contributed by atoms with E-state index in [-0.39, 0.29) is 11.9 Å². The summed E-state index contributed by atoms with van der Waals surface area (Å²) in [4.78, 5) is 4.39. The number of aliphatic hydroxyl groups is 1. The average Bonchev–Trinajstić information content (AvgIpc) is 3.47. The molecule has 1 aliphatic carbocycles. The van der Waals surface area contributed by atoms with Crippen molar-refractivity contribution in [3.63, 3.8) is 0 Å². The average molecular weight is 454 g/mol. The molecule has 170 valence electrons. The number of fused-ring (bicyclic) bond motifs is 1. The second-order valence-electron chi connectivity index (χ2n) is 8.16. The molecular weight excluding hydrogens is 430 g/mol. The molecule has 1 aliphatic rings. The number of ether oxygens (including phenoxy) is 1. The summed E-state index contributed by atoms with van der Waals surface area (Å²) in [6.45, 7) is 0. The van der Waals surface area contributed by atoms with Crippen molar-refractivity contribution in [3.05, 3.63) is 89.2 Å². The number of aryl methyl sites for hydroxylation is 1. The molecule has 2 heterocycles. The van der Waals surface area contributed by atoms with Crippen LogP contribution >= 0.6 is 0 Å². The smallest absolute Gasteiger partial charge is 0.223 e. The maximum atomic E-state index is 10.8. The number of nitriles is 1. The first-order valence-corrected chi connectivity index (χ1v) is 10.9. The minimum Gasteiger partial charge on any atom is -0.497 e. The van der Waals surface area contributed by atoms with E-state index in [1.165, 1.54) is 10.2 Å². The lowest BCUT2D eigenvalue weighted by Crippen LogP contribution is -2.25. The molecule has 0 aliphatic heterocycles. The minimum atomic E-state index is -0.899. The molecule has 0 saturated carbocycles. The van der Waals surface area contributed by atoms with Crippen LogP contribution in [-0.2, 0) is 6.42 Å². The second kappa shape index (κ2) is 8.98. The third-order valence-corrected chi connectivity index (χ3v) is 6.16. The number of hydrogen-bond acceptors (Lipinski definition) is 7. The van der Waals surface area contributed by atoms with Gasteiger partial charge in [0.25, 0.3) is 0 Å². The highest BCUT2D eigenvalue weighted by Crippen LogP contribution is 2.35. The molecule has 2 atom stereocenters. The molecule has 2 aromatic heterocycles. The van der Waals surface area contributed by atoms with Crippen molar-refractivity contribution in [1.82, 2.24) is 20.1 Å². The van der Waals surface area contributed by atoms with E-state index in [0.29, 0.717) is 22.5 Å². The van der Waals surface area contributed by atoms with Crippen LogP contribution in [0, 0.1) is 11.3 Å². The Hall–Kier alpha value is -4.19. The van der Waals surface area contributed by atoms with Crippen molar-refractivity contribution in [2.24, 2.45) is 0 Å². The highest BCUT2D eigenvalue weighted by Gasteiger charge is 2.25. The van der Waals surface area contributed by atoms with Gasteiger partial charge in [-0.25, -0.2) is 4.98 Å². The molecule has 5 rings (SSSR count). The van der Waals surface area contributed by atoms with Crippen molar-refractivity contribution in [2.75, 3.05) is 7.11 Å². The number of benzene rings is 2. The van der Waals surface area contributed by atoms with Gasteiger partial charge in [0.05, 0.1) is 30.5 Å². The lowest BCUT2D eigenvalue weighted by molar-refractivity contribution is 0.122. The quantitative estimate of drug-likeness (QED) is 0.380. The van der Waals surface area contributed by atoms with E-state index in [1.54, 1.807) is 55.9 Å². The van der Waals surface area contributed by atoms with Crippen LogP contribution in [0.25, 0.3) is 16.9 Å². The van der Waals surface area contributed by atoms with Gasteiger partial charge in [0, 0.05) is 17.8 Å². The zero-order chi connectivity index (χ0) is 23.7. The van der Waals surface area contributed by atoms with E-state index < -0.39 is 6.23 Å². The van der Waals surface area contributed by atoms with E-state index >= 15 is 0 Å². The molecule has 4 aromatic rings. The summed E-state index contributed by atoms with van der Waals surface area (Å²) in [5.41, 5.74) is 4.82. The number of methoxy groups -OCH3 is 1. The van der Waals surface area contributed by atoms with Crippen molar-refractivity contribution < 1.29 is 14.9 Å². The summed E-state index contributed by atoms with van der Waals surface area (Å²) < 4.78 is 6.67. The van der Waals surface area contributed by atoms with Crippen LogP contribution in [0.4, 0.5) is 0 Å². The first kappa shape index (κ1) is 21.6. The van der Waals surface area contributed by atoms with E-state index in [9.17, 15) is 10.2 Å². The molecule has 2 unspecified atom stereocenters. The first-order chi connectivity index (χ1) is 16.6. The summed E-state index contributed by atoms with van der Waals surface area (Å²) in [6, 6.07) is 18.5. The molecule has 8 nitrogen and oxygen atoms in total. The maximum Gasteiger partial charge on any atom is 0.223 e. The number of aromatic nitrogens is 3. The van der Waals surface area contributed by atoms with Gasteiger partial charge in [0.1, 0.15) is 12.0 Å². The highest BCUT2D eigenvalue weighted by atomic mass is 16.5. The Morgan fingerprint density at radius 1 is 1.15 bits per heavy atom. The Balaban J connectivity index is 1.32. The zero-order valence-corrected chi connectivity index (χ0v) is 18.5. The van der Waals surface area contributed by atoms with Gasteiger partial charge in [0.15, 0.2) is 5.82 Å². The van der Waals surface area contributed by atoms with E-state index in [0.717, 1.165) is 29.7 Å². The number of rotatable bonds is 6. The second-order valence-corrected chi connectivity index (χ2v) is 8.16. The third kappa shape index (κ3) is 3.99. The van der Waals surface area contributed by atoms with Gasteiger partial charge in [-0.15, -0.1) is 0 Å². The van der Waals surface area contributed by atoms with Crippen LogP contribution in [0.15, 0.2) is 67.0 Å². The number of aliphatic hydroxyl groups excluding tert-OH is 1. The fourth-order valence-corrected chi connectivity index (χ4v) is 4.29. The number of aromatic hydroxyl groups is 1. The van der Waals surface area contributed by atoms with E-state index in [1.807, 2.05) is 12.1 Å². The zero-order valence-electron chi connectivity index (χ0n) is 18.5. The van der Waals surface area contributed by atoms with Gasteiger partial charge >= 0.3 is 0 Å². The number of pyridine rings is 1. The topological polar surface area (TPSA) is 116 Å². The molecule has 2 aromatic carbocycles. The van der Waals surface area contributed by atoms with Crippen LogP contribution in [-0.4, -0.2) is 32.1 Å². The summed E-state index contributed by atoms with van der Waals surface area (Å²) in [7, 11) is 1.64. The van der Waals surface area contributed by atoms with Gasteiger partial charge in [-0.05, 0) is 65.9 Å². The minimum absolute atomic E-state index is 0.0184. The molecule has 0 fully saturated rings. The SMILES string of the molecule is COc1ccc2c(c1)C(NC(O)c1ccc(-n3ncc(-c4ccc(C#N)cc4)c3O)nc1)CC2. The molecule has 0 spiro atoms. The van der Waals surface area contributed by atoms with Gasteiger partial charge in [-0.2, -0.15) is 15.0 Å². The molecular formula is C26H23N5O3. The summed E-state index contributed by atoms with van der Waals surface area (Å²) >= 11 is 0. The fourth-order valence-electron chi connectivity index (χ4n) is 4.29. The molecule has 0 bridgehead atoms. The Bertz CT molecular complexity index is 1360. The number of hydrogen-bond donors (Lipinski definition) is 3. The van der Waals surface area contributed by atoms with Crippen LogP contribution in [0.3, 0.4) is 0 Å². The van der Waals surface area contributed by atoms with Gasteiger partial charge in [-0.1, -0.05) is 18.2 Å². The standard InChI is InChI=1S/C26H23N5O3/c1-34-20-9-6-17-7-10-23(21(17)12-20)30-25(32)19-8-11-24(28-14-19)31-26(33)22(15-29-31)18-4-2-16(13-27)3-5-18/h2-6,8-9,11-12,14-15,23,25,30,32-33H,7,10H2,1H3. The number of nitrogens with one attached hydrogen (secondary N) is 1. The molecule has 0 amide bonds.